The van der Waals surface area contributed by atoms with E-state index in [4.69, 9.17) is 4.74 Å². The van der Waals surface area contributed by atoms with Crippen LogP contribution >= 0.6 is 0 Å². The minimum Gasteiger partial charge on any atom is -0.455 e. The standard InChI is InChI=1S/C19H25F3N2O5S/c1-3-23(4-2)17(25)13-29-18(26)14-8-10-24(11-9-14)30(27,28)16-7-5-6-15(12-16)19(20,21)22/h5-7,12,14H,3-4,8-11,13H2,1-2H3. The third-order valence-corrected chi connectivity index (χ3v) is 6.94. The zero-order valence-corrected chi connectivity index (χ0v) is 17.6. The number of nitrogens with zero attached hydrogens (tertiary/aromatic N) is 2. The molecule has 0 aromatic heterocycles. The maximum Gasteiger partial charge on any atom is 0.416 e. The molecule has 0 atom stereocenters. The fourth-order valence-electron chi connectivity index (χ4n) is 3.23. The van der Waals surface area contributed by atoms with Crippen LogP contribution in [0.5, 0.6) is 0 Å². The van der Waals surface area contributed by atoms with Crippen LogP contribution in [-0.2, 0) is 30.5 Å². The van der Waals surface area contributed by atoms with Gasteiger partial charge in [0.15, 0.2) is 6.61 Å². The van der Waals surface area contributed by atoms with Crippen molar-refractivity contribution in [3.8, 4) is 0 Å². The summed E-state index contributed by atoms with van der Waals surface area (Å²) in [5.41, 5.74) is -1.04. The summed E-state index contributed by atoms with van der Waals surface area (Å²) in [6.45, 7) is 4.19. The molecule has 1 aliphatic rings. The second-order valence-electron chi connectivity index (χ2n) is 6.88. The quantitative estimate of drug-likeness (QED) is 0.596. The van der Waals surface area contributed by atoms with Gasteiger partial charge in [0.05, 0.1) is 16.4 Å². The molecular weight excluding hydrogens is 425 g/mol. The van der Waals surface area contributed by atoms with Crippen molar-refractivity contribution in [1.29, 1.82) is 0 Å². The van der Waals surface area contributed by atoms with E-state index < -0.39 is 38.5 Å². The van der Waals surface area contributed by atoms with Gasteiger partial charge < -0.3 is 9.64 Å². The van der Waals surface area contributed by atoms with Gasteiger partial charge >= 0.3 is 12.1 Å². The van der Waals surface area contributed by atoms with Crippen LogP contribution < -0.4 is 0 Å². The van der Waals surface area contributed by atoms with E-state index in [0.717, 1.165) is 22.5 Å². The molecule has 0 radical (unpaired) electrons. The van der Waals surface area contributed by atoms with Crippen LogP contribution in [0.3, 0.4) is 0 Å². The topological polar surface area (TPSA) is 84.0 Å². The van der Waals surface area contributed by atoms with E-state index in [1.807, 2.05) is 13.8 Å². The van der Waals surface area contributed by atoms with Gasteiger partial charge in [-0.3, -0.25) is 9.59 Å². The first-order chi connectivity index (χ1) is 14.0. The summed E-state index contributed by atoms with van der Waals surface area (Å²) in [6, 6.07) is 3.58. The lowest BCUT2D eigenvalue weighted by Gasteiger charge is -2.30. The van der Waals surface area contributed by atoms with Crippen LogP contribution in [0.1, 0.15) is 32.3 Å². The van der Waals surface area contributed by atoms with Crippen LogP contribution in [0.15, 0.2) is 29.2 Å². The number of likely N-dealkylation sites (N-methyl/N-ethyl adjacent to an activating group) is 1. The molecule has 1 fully saturated rings. The Hall–Kier alpha value is -2.14. The van der Waals surface area contributed by atoms with E-state index in [1.54, 1.807) is 0 Å². The second-order valence-corrected chi connectivity index (χ2v) is 8.82. The van der Waals surface area contributed by atoms with Crippen molar-refractivity contribution in [3.63, 3.8) is 0 Å². The van der Waals surface area contributed by atoms with Gasteiger partial charge in [-0.1, -0.05) is 6.07 Å². The predicted octanol–water partition coefficient (Wildman–Crippen LogP) is 2.52. The summed E-state index contributed by atoms with van der Waals surface area (Å²) in [6.07, 6.45) is -4.32. The van der Waals surface area contributed by atoms with Crippen molar-refractivity contribution in [3.05, 3.63) is 29.8 Å². The number of alkyl halides is 3. The average molecular weight is 450 g/mol. The number of hydrogen-bond donors (Lipinski definition) is 0. The molecule has 1 aliphatic heterocycles. The van der Waals surface area contributed by atoms with Crippen LogP contribution in [-0.4, -0.2) is 62.3 Å². The molecule has 1 saturated heterocycles. The fourth-order valence-corrected chi connectivity index (χ4v) is 4.75. The number of ether oxygens (including phenoxy) is 1. The first kappa shape index (κ1) is 24.1. The first-order valence-corrected chi connectivity index (χ1v) is 11.1. The summed E-state index contributed by atoms with van der Waals surface area (Å²) >= 11 is 0. The Morgan fingerprint density at radius 3 is 2.30 bits per heavy atom. The summed E-state index contributed by atoms with van der Waals surface area (Å²) in [5, 5.41) is 0. The van der Waals surface area contributed by atoms with Crippen LogP contribution in [0.2, 0.25) is 0 Å². The Morgan fingerprint density at radius 2 is 1.77 bits per heavy atom. The molecule has 0 bridgehead atoms. The first-order valence-electron chi connectivity index (χ1n) is 9.62. The minimum atomic E-state index is -4.65. The number of carbonyl (C=O) groups excluding carboxylic acids is 2. The number of hydrogen-bond acceptors (Lipinski definition) is 5. The van der Waals surface area contributed by atoms with Crippen LogP contribution in [0.25, 0.3) is 0 Å². The lowest BCUT2D eigenvalue weighted by Crippen LogP contribution is -2.41. The molecule has 2 rings (SSSR count). The third-order valence-electron chi connectivity index (χ3n) is 5.04. The summed E-state index contributed by atoms with van der Waals surface area (Å²) in [4.78, 5) is 25.2. The van der Waals surface area contributed by atoms with Crippen molar-refractivity contribution < 1.29 is 35.9 Å². The molecule has 7 nitrogen and oxygen atoms in total. The Bertz CT molecular complexity index is 861. The highest BCUT2D eigenvalue weighted by Gasteiger charge is 2.35. The number of halogens is 3. The molecule has 11 heteroatoms. The van der Waals surface area contributed by atoms with Gasteiger partial charge in [-0.15, -0.1) is 0 Å². The number of piperidine rings is 1. The maximum atomic E-state index is 12.9. The van der Waals surface area contributed by atoms with Crippen molar-refractivity contribution in [2.45, 2.75) is 37.8 Å². The minimum absolute atomic E-state index is 0.0255. The number of esters is 1. The van der Waals surface area contributed by atoms with Gasteiger partial charge in [0.1, 0.15) is 0 Å². The monoisotopic (exact) mass is 450 g/mol. The molecule has 0 spiro atoms. The normalized spacial score (nSPS) is 16.3. The number of carbonyl (C=O) groups is 2. The smallest absolute Gasteiger partial charge is 0.416 e. The van der Waals surface area contributed by atoms with E-state index in [2.05, 4.69) is 0 Å². The SMILES string of the molecule is CCN(CC)C(=O)COC(=O)C1CCN(S(=O)(=O)c2cccc(C(F)(F)F)c2)CC1. The summed E-state index contributed by atoms with van der Waals surface area (Å²) < 4.78 is 70.1. The summed E-state index contributed by atoms with van der Waals surface area (Å²) in [7, 11) is -4.12. The molecule has 0 N–H and O–H groups in total. The molecule has 1 amide bonds. The molecule has 0 saturated carbocycles. The van der Waals surface area contributed by atoms with Crippen molar-refractivity contribution in [2.24, 2.45) is 5.92 Å². The van der Waals surface area contributed by atoms with Gasteiger partial charge in [0.25, 0.3) is 5.91 Å². The largest absolute Gasteiger partial charge is 0.455 e. The number of amides is 1. The Balaban J connectivity index is 1.96. The average Bonchev–Trinajstić information content (AvgIpc) is 2.72. The number of sulfonamides is 1. The second kappa shape index (κ2) is 9.78. The highest BCUT2D eigenvalue weighted by molar-refractivity contribution is 7.89. The number of rotatable bonds is 7. The maximum absolute atomic E-state index is 12.9. The van der Waals surface area contributed by atoms with E-state index in [1.165, 1.54) is 4.90 Å². The fraction of sp³-hybridized carbons (Fsp3) is 0.579. The van der Waals surface area contributed by atoms with Gasteiger partial charge in [-0.05, 0) is 44.9 Å². The van der Waals surface area contributed by atoms with E-state index >= 15 is 0 Å². The zero-order valence-electron chi connectivity index (χ0n) is 16.8. The van der Waals surface area contributed by atoms with Crippen molar-refractivity contribution in [2.75, 3.05) is 32.8 Å². The van der Waals surface area contributed by atoms with Gasteiger partial charge in [0, 0.05) is 26.2 Å². The molecule has 0 aliphatic carbocycles. The molecule has 0 unspecified atom stereocenters. The van der Waals surface area contributed by atoms with E-state index in [9.17, 15) is 31.2 Å². The summed E-state index contributed by atoms with van der Waals surface area (Å²) in [5.74, 6) is -1.45. The Morgan fingerprint density at radius 1 is 1.17 bits per heavy atom. The van der Waals surface area contributed by atoms with Crippen molar-refractivity contribution in [1.82, 2.24) is 9.21 Å². The van der Waals surface area contributed by atoms with Gasteiger partial charge in [0.2, 0.25) is 10.0 Å². The molecule has 30 heavy (non-hydrogen) atoms. The van der Waals surface area contributed by atoms with Gasteiger partial charge in [-0.2, -0.15) is 17.5 Å². The lowest BCUT2D eigenvalue weighted by atomic mass is 9.98. The van der Waals surface area contributed by atoms with Crippen molar-refractivity contribution >= 4 is 21.9 Å². The van der Waals surface area contributed by atoms with E-state index in [-0.39, 0.29) is 38.4 Å². The molecule has 168 valence electrons. The Kier molecular flexibility index (Phi) is 7.87. The number of benzene rings is 1. The molecule has 1 heterocycles. The highest BCUT2D eigenvalue weighted by atomic mass is 32.2. The molecular formula is C19H25F3N2O5S. The van der Waals surface area contributed by atoms with Crippen LogP contribution in [0, 0.1) is 5.92 Å². The lowest BCUT2D eigenvalue weighted by molar-refractivity contribution is -0.156. The Labute approximate surface area is 173 Å². The molecule has 1 aromatic rings. The third kappa shape index (κ3) is 5.72. The van der Waals surface area contributed by atoms with Gasteiger partial charge in [-0.25, -0.2) is 8.42 Å². The predicted molar refractivity (Wildman–Crippen MR) is 102 cm³/mol. The van der Waals surface area contributed by atoms with Crippen LogP contribution in [0.4, 0.5) is 13.2 Å². The van der Waals surface area contributed by atoms with E-state index in [0.29, 0.717) is 19.2 Å². The highest BCUT2D eigenvalue weighted by Crippen LogP contribution is 2.32. The zero-order chi connectivity index (χ0) is 22.5. The molecule has 1 aromatic carbocycles.